The Morgan fingerprint density at radius 3 is 2.30 bits per heavy atom. The molecule has 2 aromatic heterocycles. The minimum atomic E-state index is 0.282. The Morgan fingerprint density at radius 2 is 1.70 bits per heavy atom. The molecular weight excluding hydrogens is 284 g/mol. The van der Waals surface area contributed by atoms with Gasteiger partial charge in [-0.2, -0.15) is 0 Å². The summed E-state index contributed by atoms with van der Waals surface area (Å²) in [7, 11) is 0. The highest BCUT2D eigenvalue weighted by molar-refractivity contribution is 5.35. The molecule has 0 bridgehead atoms. The Kier molecular flexibility index (Phi) is 4.83. The second kappa shape index (κ2) is 7.20. The molecule has 0 radical (unpaired) electrons. The van der Waals surface area contributed by atoms with Crippen LogP contribution in [0.1, 0.15) is 43.5 Å². The van der Waals surface area contributed by atoms with Crippen molar-refractivity contribution in [1.29, 1.82) is 0 Å². The molecule has 4 heteroatoms. The smallest absolute Gasteiger partial charge is 0.0991 e. The van der Waals surface area contributed by atoms with Crippen molar-refractivity contribution < 1.29 is 0 Å². The minimum Gasteiger partial charge on any atom is -0.306 e. The molecule has 0 spiro atoms. The fraction of sp³-hybridized carbons (Fsp3) is 0.263. The molecule has 0 saturated carbocycles. The van der Waals surface area contributed by atoms with Crippen molar-refractivity contribution in [1.82, 2.24) is 19.9 Å². The number of aromatic nitrogens is 3. The highest BCUT2D eigenvalue weighted by Gasteiger charge is 2.13. The van der Waals surface area contributed by atoms with Gasteiger partial charge in [0.1, 0.15) is 0 Å². The molecule has 0 aliphatic heterocycles. The Hall–Kier alpha value is -2.46. The molecule has 118 valence electrons. The first-order valence-electron chi connectivity index (χ1n) is 8.02. The summed E-state index contributed by atoms with van der Waals surface area (Å²) < 4.78 is 2.01. The summed E-state index contributed by atoms with van der Waals surface area (Å²) in [5.41, 5.74) is 3.69. The predicted molar refractivity (Wildman–Crippen MR) is 92.4 cm³/mol. The van der Waals surface area contributed by atoms with Gasteiger partial charge < -0.3 is 9.88 Å². The largest absolute Gasteiger partial charge is 0.306 e. The number of benzene rings is 1. The topological polar surface area (TPSA) is 42.7 Å². The molecule has 23 heavy (non-hydrogen) atoms. The second-order valence-corrected chi connectivity index (χ2v) is 5.69. The fourth-order valence-electron chi connectivity index (χ4n) is 2.79. The van der Waals surface area contributed by atoms with Gasteiger partial charge in [0, 0.05) is 42.6 Å². The predicted octanol–water partition coefficient (Wildman–Crippen LogP) is 4.07. The molecule has 4 nitrogen and oxygen atoms in total. The van der Waals surface area contributed by atoms with Gasteiger partial charge in [0.05, 0.1) is 6.33 Å². The van der Waals surface area contributed by atoms with E-state index in [0.717, 1.165) is 12.1 Å². The van der Waals surface area contributed by atoms with Crippen LogP contribution in [-0.4, -0.2) is 14.5 Å². The number of hydrogen-bond acceptors (Lipinski definition) is 3. The van der Waals surface area contributed by atoms with E-state index < -0.39 is 0 Å². The molecule has 0 amide bonds. The summed E-state index contributed by atoms with van der Waals surface area (Å²) in [4.78, 5) is 8.18. The molecule has 0 saturated heterocycles. The van der Waals surface area contributed by atoms with Crippen molar-refractivity contribution in [3.63, 3.8) is 0 Å². The number of nitrogens with one attached hydrogen (secondary N) is 1. The van der Waals surface area contributed by atoms with Crippen LogP contribution in [0.3, 0.4) is 0 Å². The summed E-state index contributed by atoms with van der Waals surface area (Å²) >= 11 is 0. The van der Waals surface area contributed by atoms with Crippen LogP contribution in [0.15, 0.2) is 67.5 Å². The van der Waals surface area contributed by atoms with Gasteiger partial charge >= 0.3 is 0 Å². The van der Waals surface area contributed by atoms with Gasteiger partial charge in [-0.25, -0.2) is 4.98 Å². The number of hydrogen-bond donors (Lipinski definition) is 1. The van der Waals surface area contributed by atoms with Crippen molar-refractivity contribution in [2.75, 3.05) is 0 Å². The lowest BCUT2D eigenvalue weighted by molar-refractivity contribution is 0.456. The lowest BCUT2D eigenvalue weighted by Gasteiger charge is -2.23. The molecule has 1 N–H and O–H groups in total. The summed E-state index contributed by atoms with van der Waals surface area (Å²) in [5, 5.41) is 3.71. The van der Waals surface area contributed by atoms with Gasteiger partial charge in [-0.15, -0.1) is 0 Å². The summed E-state index contributed by atoms with van der Waals surface area (Å²) in [6.07, 6.45) is 10.3. The van der Waals surface area contributed by atoms with Crippen molar-refractivity contribution in [3.8, 4) is 5.69 Å². The molecule has 2 heterocycles. The zero-order valence-corrected chi connectivity index (χ0v) is 13.6. The minimum absolute atomic E-state index is 0.282. The highest BCUT2D eigenvalue weighted by Crippen LogP contribution is 2.22. The highest BCUT2D eigenvalue weighted by atomic mass is 15.0. The van der Waals surface area contributed by atoms with E-state index in [0.29, 0.717) is 6.04 Å². The Bertz CT molecular complexity index is 705. The molecular formula is C19H22N4. The maximum Gasteiger partial charge on any atom is 0.0991 e. The molecule has 3 rings (SSSR count). The standard InChI is InChI=1S/C19H22N4/c1-3-19(17-8-10-20-11-9-17)22-15(2)16-4-6-18(7-5-16)23-13-12-21-14-23/h4-15,19,22H,3H2,1-2H3/t15-,19+/m0/s1. The number of rotatable bonds is 6. The van der Waals surface area contributed by atoms with E-state index in [9.17, 15) is 0 Å². The molecule has 3 aromatic rings. The van der Waals surface area contributed by atoms with Gasteiger partial charge in [0.15, 0.2) is 0 Å². The third-order valence-electron chi connectivity index (χ3n) is 4.16. The van der Waals surface area contributed by atoms with Crippen molar-refractivity contribution in [3.05, 3.63) is 78.6 Å². The summed E-state index contributed by atoms with van der Waals surface area (Å²) in [6, 6.07) is 13.4. The van der Waals surface area contributed by atoms with Crippen LogP contribution >= 0.6 is 0 Å². The van der Waals surface area contributed by atoms with Crippen LogP contribution < -0.4 is 5.32 Å². The normalized spacial score (nSPS) is 13.7. The first kappa shape index (κ1) is 15.4. The maximum atomic E-state index is 4.10. The van der Waals surface area contributed by atoms with Crippen LogP contribution in [0.2, 0.25) is 0 Å². The number of imidazole rings is 1. The second-order valence-electron chi connectivity index (χ2n) is 5.69. The molecule has 1 aromatic carbocycles. The van der Waals surface area contributed by atoms with Crippen LogP contribution in [0.5, 0.6) is 0 Å². The third-order valence-corrected chi connectivity index (χ3v) is 4.16. The quantitative estimate of drug-likeness (QED) is 0.746. The van der Waals surface area contributed by atoms with E-state index in [2.05, 4.69) is 65.5 Å². The Labute approximate surface area is 137 Å². The van der Waals surface area contributed by atoms with Crippen LogP contribution in [0, 0.1) is 0 Å². The van der Waals surface area contributed by atoms with E-state index in [1.54, 1.807) is 6.20 Å². The van der Waals surface area contributed by atoms with Crippen molar-refractivity contribution in [2.24, 2.45) is 0 Å². The molecule has 0 aliphatic carbocycles. The number of pyridine rings is 1. The first-order chi connectivity index (χ1) is 11.3. The number of nitrogens with zero attached hydrogens (tertiary/aromatic N) is 3. The van der Waals surface area contributed by atoms with E-state index >= 15 is 0 Å². The van der Waals surface area contributed by atoms with Gasteiger partial charge in [-0.3, -0.25) is 4.98 Å². The maximum absolute atomic E-state index is 4.10. The molecule has 0 unspecified atom stereocenters. The zero-order valence-electron chi connectivity index (χ0n) is 13.6. The third kappa shape index (κ3) is 3.66. The Morgan fingerprint density at radius 1 is 0.957 bits per heavy atom. The first-order valence-corrected chi connectivity index (χ1v) is 8.02. The van der Waals surface area contributed by atoms with Crippen LogP contribution in [0.4, 0.5) is 0 Å². The van der Waals surface area contributed by atoms with Crippen molar-refractivity contribution in [2.45, 2.75) is 32.4 Å². The van der Waals surface area contributed by atoms with E-state index in [-0.39, 0.29) is 6.04 Å². The lowest BCUT2D eigenvalue weighted by Crippen LogP contribution is -2.24. The molecule has 2 atom stereocenters. The van der Waals surface area contributed by atoms with E-state index in [4.69, 9.17) is 0 Å². The van der Waals surface area contributed by atoms with E-state index in [1.165, 1.54) is 11.1 Å². The SMILES string of the molecule is CC[C@@H](N[C@@H](C)c1ccc(-n2ccnc2)cc1)c1ccncc1. The summed E-state index contributed by atoms with van der Waals surface area (Å²) in [6.45, 7) is 4.41. The monoisotopic (exact) mass is 306 g/mol. The lowest BCUT2D eigenvalue weighted by atomic mass is 10.0. The molecule has 0 aliphatic rings. The van der Waals surface area contributed by atoms with Gasteiger partial charge in [-0.1, -0.05) is 19.1 Å². The van der Waals surface area contributed by atoms with Crippen molar-refractivity contribution >= 4 is 0 Å². The van der Waals surface area contributed by atoms with Crippen LogP contribution in [-0.2, 0) is 0 Å². The Balaban J connectivity index is 1.71. The van der Waals surface area contributed by atoms with Gasteiger partial charge in [0.2, 0.25) is 0 Å². The molecule has 0 fully saturated rings. The average Bonchev–Trinajstić information content (AvgIpc) is 3.15. The van der Waals surface area contributed by atoms with Gasteiger partial charge in [-0.05, 0) is 48.7 Å². The summed E-state index contributed by atoms with van der Waals surface area (Å²) in [5.74, 6) is 0. The van der Waals surface area contributed by atoms with Crippen LogP contribution in [0.25, 0.3) is 5.69 Å². The average molecular weight is 306 g/mol. The zero-order chi connectivity index (χ0) is 16.1. The van der Waals surface area contributed by atoms with Gasteiger partial charge in [0.25, 0.3) is 0 Å². The van der Waals surface area contributed by atoms with E-state index in [1.807, 2.05) is 29.5 Å². The fourth-order valence-corrected chi connectivity index (χ4v) is 2.79.